The summed E-state index contributed by atoms with van der Waals surface area (Å²) in [5.41, 5.74) is -0.0508. The van der Waals surface area contributed by atoms with Gasteiger partial charge in [0.25, 0.3) is 0 Å². The predicted octanol–water partition coefficient (Wildman–Crippen LogP) is 1.18. The molecule has 1 saturated carbocycles. The molecule has 1 fully saturated rings. The van der Waals surface area contributed by atoms with E-state index in [9.17, 15) is 15.2 Å². The molecule has 0 saturated heterocycles. The van der Waals surface area contributed by atoms with Crippen molar-refractivity contribution >= 4 is 5.69 Å². The summed E-state index contributed by atoms with van der Waals surface area (Å²) in [7, 11) is 0. The summed E-state index contributed by atoms with van der Waals surface area (Å²) in [5.74, 6) is 1.53. The van der Waals surface area contributed by atoms with Gasteiger partial charge in [-0.2, -0.15) is 5.10 Å². The van der Waals surface area contributed by atoms with Crippen LogP contribution in [0.25, 0.3) is 0 Å². The van der Waals surface area contributed by atoms with Gasteiger partial charge < -0.3 is 10.4 Å². The fourth-order valence-electron chi connectivity index (χ4n) is 2.79. The standard InChI is InChI=1S/C13H22N4O3/c1-10-2-3-11(4-10)5-14-7-13(18)9-16-8-12(6-15-16)17(19)20/h6,8,10-11,13-14,18H,2-5,7,9H2,1H3. The number of rotatable bonds is 7. The molecule has 0 aliphatic heterocycles. The first-order valence-corrected chi connectivity index (χ1v) is 7.10. The number of nitrogens with one attached hydrogen (secondary N) is 1. The lowest BCUT2D eigenvalue weighted by Crippen LogP contribution is -2.33. The zero-order chi connectivity index (χ0) is 14.5. The monoisotopic (exact) mass is 282 g/mol. The first-order valence-electron chi connectivity index (χ1n) is 7.10. The van der Waals surface area contributed by atoms with E-state index in [1.165, 1.54) is 36.3 Å². The van der Waals surface area contributed by atoms with Crippen LogP contribution < -0.4 is 5.32 Å². The maximum absolute atomic E-state index is 10.5. The molecule has 2 rings (SSSR count). The number of aliphatic hydroxyl groups excluding tert-OH is 1. The summed E-state index contributed by atoms with van der Waals surface area (Å²) in [4.78, 5) is 10.0. The largest absolute Gasteiger partial charge is 0.390 e. The number of nitro groups is 1. The minimum absolute atomic E-state index is 0.0508. The average Bonchev–Trinajstić information content (AvgIpc) is 2.99. The van der Waals surface area contributed by atoms with E-state index in [1.54, 1.807) is 0 Å². The first kappa shape index (κ1) is 14.9. The normalized spacial score (nSPS) is 23.9. The van der Waals surface area contributed by atoms with Crippen LogP contribution in [-0.2, 0) is 6.54 Å². The molecule has 1 aliphatic rings. The van der Waals surface area contributed by atoms with E-state index in [4.69, 9.17) is 0 Å². The van der Waals surface area contributed by atoms with E-state index in [0.717, 1.165) is 12.5 Å². The van der Waals surface area contributed by atoms with Crippen molar-refractivity contribution in [3.8, 4) is 0 Å². The molecule has 2 N–H and O–H groups in total. The Morgan fingerprint density at radius 3 is 3.05 bits per heavy atom. The molecule has 20 heavy (non-hydrogen) atoms. The molecular formula is C13H22N4O3. The van der Waals surface area contributed by atoms with Gasteiger partial charge in [-0.25, -0.2) is 0 Å². The van der Waals surface area contributed by atoms with Gasteiger partial charge in [0.2, 0.25) is 0 Å². The summed E-state index contributed by atoms with van der Waals surface area (Å²) in [5, 5.41) is 27.5. The van der Waals surface area contributed by atoms with E-state index in [2.05, 4.69) is 17.3 Å². The Bertz CT molecular complexity index is 449. The van der Waals surface area contributed by atoms with Gasteiger partial charge in [0.05, 0.1) is 17.6 Å². The fraction of sp³-hybridized carbons (Fsp3) is 0.769. The molecule has 1 aliphatic carbocycles. The summed E-state index contributed by atoms with van der Waals surface area (Å²) >= 11 is 0. The molecule has 112 valence electrons. The molecule has 1 heterocycles. The molecule has 0 spiro atoms. The minimum atomic E-state index is -0.590. The van der Waals surface area contributed by atoms with Gasteiger partial charge in [-0.3, -0.25) is 14.8 Å². The SMILES string of the molecule is CC1CCC(CNCC(O)Cn2cc([N+](=O)[O-])cn2)C1. The molecule has 0 bridgehead atoms. The molecule has 0 aromatic carbocycles. The average molecular weight is 282 g/mol. The Morgan fingerprint density at radius 1 is 1.65 bits per heavy atom. The van der Waals surface area contributed by atoms with Crippen molar-refractivity contribution in [2.24, 2.45) is 11.8 Å². The summed E-state index contributed by atoms with van der Waals surface area (Å²) in [6, 6.07) is 0. The number of nitrogens with zero attached hydrogens (tertiary/aromatic N) is 3. The second-order valence-corrected chi connectivity index (χ2v) is 5.77. The van der Waals surface area contributed by atoms with Crippen molar-refractivity contribution in [3.63, 3.8) is 0 Å². The number of aromatic nitrogens is 2. The van der Waals surface area contributed by atoms with E-state index in [0.29, 0.717) is 12.5 Å². The molecule has 1 aromatic rings. The lowest BCUT2D eigenvalue weighted by atomic mass is 10.1. The van der Waals surface area contributed by atoms with E-state index < -0.39 is 11.0 Å². The van der Waals surface area contributed by atoms with Crippen LogP contribution in [0.5, 0.6) is 0 Å². The maximum Gasteiger partial charge on any atom is 0.306 e. The number of hydrogen-bond donors (Lipinski definition) is 2. The maximum atomic E-state index is 10.5. The van der Waals surface area contributed by atoms with Gasteiger partial charge in [-0.15, -0.1) is 0 Å². The van der Waals surface area contributed by atoms with Crippen LogP contribution in [0.15, 0.2) is 12.4 Å². The Hall–Kier alpha value is -1.47. The van der Waals surface area contributed by atoms with Gasteiger partial charge in [-0.1, -0.05) is 13.3 Å². The highest BCUT2D eigenvalue weighted by Gasteiger charge is 2.21. The molecule has 7 nitrogen and oxygen atoms in total. The molecule has 0 amide bonds. The van der Waals surface area contributed by atoms with Crippen molar-refractivity contribution < 1.29 is 10.0 Å². The van der Waals surface area contributed by atoms with Gasteiger partial charge >= 0.3 is 5.69 Å². The second-order valence-electron chi connectivity index (χ2n) is 5.77. The number of hydrogen-bond acceptors (Lipinski definition) is 5. The van der Waals surface area contributed by atoms with Crippen LogP contribution in [0.1, 0.15) is 26.2 Å². The topological polar surface area (TPSA) is 93.2 Å². The van der Waals surface area contributed by atoms with Gasteiger partial charge in [0.15, 0.2) is 0 Å². The third kappa shape index (κ3) is 4.28. The highest BCUT2D eigenvalue weighted by molar-refractivity contribution is 5.20. The zero-order valence-electron chi connectivity index (χ0n) is 11.7. The van der Waals surface area contributed by atoms with Crippen LogP contribution in [0, 0.1) is 22.0 Å². The fourth-order valence-corrected chi connectivity index (χ4v) is 2.79. The minimum Gasteiger partial charge on any atom is -0.390 e. The Balaban J connectivity index is 1.67. The summed E-state index contributed by atoms with van der Waals surface area (Å²) in [6.45, 7) is 3.96. The Morgan fingerprint density at radius 2 is 2.45 bits per heavy atom. The van der Waals surface area contributed by atoms with E-state index >= 15 is 0 Å². The van der Waals surface area contributed by atoms with Gasteiger partial charge in [0.1, 0.15) is 12.4 Å². The van der Waals surface area contributed by atoms with Crippen LogP contribution >= 0.6 is 0 Å². The summed E-state index contributed by atoms with van der Waals surface area (Å²) < 4.78 is 1.40. The van der Waals surface area contributed by atoms with Crippen molar-refractivity contribution in [1.82, 2.24) is 15.1 Å². The van der Waals surface area contributed by atoms with Gasteiger partial charge in [0, 0.05) is 6.54 Å². The van der Waals surface area contributed by atoms with E-state index in [-0.39, 0.29) is 12.2 Å². The van der Waals surface area contributed by atoms with Crippen molar-refractivity contribution in [2.75, 3.05) is 13.1 Å². The summed E-state index contributed by atoms with van der Waals surface area (Å²) in [6.07, 6.45) is 5.76. The van der Waals surface area contributed by atoms with Crippen LogP contribution in [-0.4, -0.2) is 39.0 Å². The molecule has 3 atom stereocenters. The number of aliphatic hydroxyl groups is 1. The molecule has 3 unspecified atom stereocenters. The first-order chi connectivity index (χ1) is 9.54. The third-order valence-corrected chi connectivity index (χ3v) is 3.84. The molecular weight excluding hydrogens is 260 g/mol. The van der Waals surface area contributed by atoms with Crippen molar-refractivity contribution in [2.45, 2.75) is 38.8 Å². The Kier molecular flexibility index (Phi) is 5.08. The Labute approximate surface area is 118 Å². The van der Waals surface area contributed by atoms with E-state index in [1.807, 2.05) is 0 Å². The lowest BCUT2D eigenvalue weighted by Gasteiger charge is -2.14. The third-order valence-electron chi connectivity index (χ3n) is 3.84. The predicted molar refractivity (Wildman–Crippen MR) is 74.3 cm³/mol. The van der Waals surface area contributed by atoms with Gasteiger partial charge in [-0.05, 0) is 31.2 Å². The molecule has 7 heteroatoms. The van der Waals surface area contributed by atoms with Crippen LogP contribution in [0.2, 0.25) is 0 Å². The highest BCUT2D eigenvalue weighted by Crippen LogP contribution is 2.29. The second kappa shape index (κ2) is 6.81. The van der Waals surface area contributed by atoms with Crippen LogP contribution in [0.3, 0.4) is 0 Å². The smallest absolute Gasteiger partial charge is 0.306 e. The van der Waals surface area contributed by atoms with Crippen LogP contribution in [0.4, 0.5) is 5.69 Å². The van der Waals surface area contributed by atoms with Crippen molar-refractivity contribution in [3.05, 3.63) is 22.5 Å². The van der Waals surface area contributed by atoms with Crippen molar-refractivity contribution in [1.29, 1.82) is 0 Å². The lowest BCUT2D eigenvalue weighted by molar-refractivity contribution is -0.385. The molecule has 0 radical (unpaired) electrons. The quantitative estimate of drug-likeness (QED) is 0.578. The molecule has 1 aromatic heterocycles. The highest BCUT2D eigenvalue weighted by atomic mass is 16.6. The zero-order valence-corrected chi connectivity index (χ0v) is 11.7.